The Labute approximate surface area is 150 Å². The maximum Gasteiger partial charge on any atom is 0.315 e. The van der Waals surface area contributed by atoms with Crippen molar-refractivity contribution in [3.05, 3.63) is 57.2 Å². The Kier molecular flexibility index (Phi) is 7.08. The maximum atomic E-state index is 12.1. The van der Waals surface area contributed by atoms with Crippen molar-refractivity contribution in [3.63, 3.8) is 0 Å². The van der Waals surface area contributed by atoms with Crippen molar-refractivity contribution in [2.45, 2.75) is 18.9 Å². The van der Waals surface area contributed by atoms with Gasteiger partial charge in [-0.1, -0.05) is 35.9 Å². The molecule has 2 rings (SSSR count). The highest BCUT2D eigenvalue weighted by Gasteiger charge is 2.20. The molecule has 24 heavy (non-hydrogen) atoms. The van der Waals surface area contributed by atoms with Crippen molar-refractivity contribution in [2.24, 2.45) is 0 Å². The van der Waals surface area contributed by atoms with Crippen LogP contribution in [-0.2, 0) is 16.0 Å². The second-order valence-corrected chi connectivity index (χ2v) is 6.52. The maximum absolute atomic E-state index is 12.1. The van der Waals surface area contributed by atoms with Crippen molar-refractivity contribution in [3.8, 4) is 0 Å². The van der Waals surface area contributed by atoms with Gasteiger partial charge < -0.3 is 15.4 Å². The number of hydrogen-bond acceptors (Lipinski definition) is 4. The van der Waals surface area contributed by atoms with E-state index >= 15 is 0 Å². The second-order valence-electron chi connectivity index (χ2n) is 5.08. The van der Waals surface area contributed by atoms with E-state index in [0.717, 1.165) is 6.42 Å². The lowest BCUT2D eigenvalue weighted by Crippen LogP contribution is -2.39. The summed E-state index contributed by atoms with van der Waals surface area (Å²) in [5, 5.41) is 8.07. The van der Waals surface area contributed by atoms with Crippen LogP contribution in [0.3, 0.4) is 0 Å². The van der Waals surface area contributed by atoms with Gasteiger partial charge in [0.2, 0.25) is 0 Å². The summed E-state index contributed by atoms with van der Waals surface area (Å²) in [7, 11) is 1.31. The van der Waals surface area contributed by atoms with Crippen molar-refractivity contribution in [1.29, 1.82) is 0 Å². The lowest BCUT2D eigenvalue weighted by atomic mass is 10.0. The minimum Gasteiger partial charge on any atom is -0.469 e. The molecule has 5 nitrogen and oxygen atoms in total. The average molecular weight is 367 g/mol. The van der Waals surface area contributed by atoms with Gasteiger partial charge in [0, 0.05) is 16.4 Å². The number of nitrogens with one attached hydrogen (secondary N) is 2. The zero-order valence-corrected chi connectivity index (χ0v) is 14.8. The Morgan fingerprint density at radius 3 is 2.71 bits per heavy atom. The average Bonchev–Trinajstić information content (AvgIpc) is 3.08. The van der Waals surface area contributed by atoms with E-state index in [2.05, 4.69) is 10.6 Å². The number of ether oxygens (including phenoxy) is 1. The molecule has 128 valence electrons. The Morgan fingerprint density at radius 2 is 2.04 bits per heavy atom. The number of carbonyl (C=O) groups is 2. The second kappa shape index (κ2) is 9.30. The zero-order chi connectivity index (χ0) is 17.4. The molecule has 0 radical (unpaired) electrons. The number of rotatable bonds is 7. The van der Waals surface area contributed by atoms with Crippen molar-refractivity contribution < 1.29 is 14.3 Å². The van der Waals surface area contributed by atoms with Crippen LogP contribution in [0.5, 0.6) is 0 Å². The number of methoxy groups -OCH3 is 1. The van der Waals surface area contributed by atoms with Crippen LogP contribution in [0.25, 0.3) is 0 Å². The predicted molar refractivity (Wildman–Crippen MR) is 95.4 cm³/mol. The Hall–Kier alpha value is -2.05. The quantitative estimate of drug-likeness (QED) is 0.736. The monoisotopic (exact) mass is 366 g/mol. The van der Waals surface area contributed by atoms with Gasteiger partial charge in [0.15, 0.2) is 0 Å². The highest BCUT2D eigenvalue weighted by molar-refractivity contribution is 7.09. The normalized spacial score (nSPS) is 11.6. The highest BCUT2D eigenvalue weighted by atomic mass is 35.5. The van der Waals surface area contributed by atoms with E-state index in [1.807, 2.05) is 23.6 Å². The van der Waals surface area contributed by atoms with Gasteiger partial charge in [0.1, 0.15) is 0 Å². The third kappa shape index (κ3) is 5.54. The molecule has 0 bridgehead atoms. The first kappa shape index (κ1) is 18.3. The molecule has 0 aliphatic heterocycles. The van der Waals surface area contributed by atoms with Crippen molar-refractivity contribution >= 4 is 34.9 Å². The number of esters is 1. The molecule has 0 saturated carbocycles. The van der Waals surface area contributed by atoms with Crippen molar-refractivity contribution in [1.82, 2.24) is 10.6 Å². The Bertz CT molecular complexity index is 676. The van der Waals surface area contributed by atoms with Crippen LogP contribution >= 0.6 is 22.9 Å². The Balaban J connectivity index is 1.95. The van der Waals surface area contributed by atoms with E-state index in [1.54, 1.807) is 29.5 Å². The summed E-state index contributed by atoms with van der Waals surface area (Å²) < 4.78 is 4.70. The summed E-state index contributed by atoms with van der Waals surface area (Å²) in [5.41, 5.74) is 0.679. The lowest BCUT2D eigenvalue weighted by Gasteiger charge is -2.19. The summed E-state index contributed by atoms with van der Waals surface area (Å²) in [4.78, 5) is 24.9. The fraction of sp³-hybridized carbons (Fsp3) is 0.294. The van der Waals surface area contributed by atoms with Crippen LogP contribution in [-0.4, -0.2) is 25.7 Å². The molecule has 1 aromatic heterocycles. The summed E-state index contributed by atoms with van der Waals surface area (Å²) in [6.07, 6.45) is 0.775. The first-order valence-corrected chi connectivity index (χ1v) is 8.74. The SMILES string of the molecule is COC(=O)CC(NC(=O)NCCc1cccs1)c1ccccc1Cl. The summed E-state index contributed by atoms with van der Waals surface area (Å²) in [5.74, 6) is -0.418. The molecule has 0 saturated heterocycles. The predicted octanol–water partition coefficient (Wildman–Crippen LogP) is 3.55. The minimum atomic E-state index is -0.548. The summed E-state index contributed by atoms with van der Waals surface area (Å²) >= 11 is 7.83. The molecule has 7 heteroatoms. The van der Waals surface area contributed by atoms with Gasteiger partial charge in [-0.2, -0.15) is 0 Å². The van der Waals surface area contributed by atoms with E-state index in [0.29, 0.717) is 17.1 Å². The molecule has 0 aliphatic rings. The number of halogens is 1. The number of thiophene rings is 1. The molecule has 0 fully saturated rings. The van der Waals surface area contributed by atoms with E-state index in [-0.39, 0.29) is 12.5 Å². The topological polar surface area (TPSA) is 67.4 Å². The van der Waals surface area contributed by atoms with E-state index in [1.165, 1.54) is 12.0 Å². The van der Waals surface area contributed by atoms with E-state index < -0.39 is 12.0 Å². The molecule has 1 aromatic carbocycles. The standard InChI is InChI=1S/C17H19ClN2O3S/c1-23-16(21)11-15(13-6-2-3-7-14(13)18)20-17(22)19-9-8-12-5-4-10-24-12/h2-7,10,15H,8-9,11H2,1H3,(H2,19,20,22). The molecule has 2 aromatic rings. The molecule has 2 amide bonds. The summed E-state index contributed by atoms with van der Waals surface area (Å²) in [6.45, 7) is 0.514. The zero-order valence-electron chi connectivity index (χ0n) is 13.3. The fourth-order valence-electron chi connectivity index (χ4n) is 2.21. The summed E-state index contributed by atoms with van der Waals surface area (Å²) in [6, 6.07) is 10.2. The van der Waals surface area contributed by atoms with Crippen LogP contribution in [0.2, 0.25) is 5.02 Å². The van der Waals surface area contributed by atoms with Crippen molar-refractivity contribution in [2.75, 3.05) is 13.7 Å². The molecule has 1 atom stereocenters. The third-order valence-electron chi connectivity index (χ3n) is 3.42. The Morgan fingerprint density at radius 1 is 1.25 bits per heavy atom. The smallest absolute Gasteiger partial charge is 0.315 e. The van der Waals surface area contributed by atoms with Crippen LogP contribution in [0.15, 0.2) is 41.8 Å². The molecule has 1 heterocycles. The molecule has 0 spiro atoms. The fourth-order valence-corrected chi connectivity index (χ4v) is 3.19. The van der Waals surface area contributed by atoms with Crippen LogP contribution in [0.1, 0.15) is 22.9 Å². The van der Waals surface area contributed by atoms with Gasteiger partial charge in [0.05, 0.1) is 19.6 Å². The van der Waals surface area contributed by atoms with Crippen LogP contribution < -0.4 is 10.6 Å². The molecular formula is C17H19ClN2O3S. The van der Waals surface area contributed by atoms with Gasteiger partial charge in [-0.3, -0.25) is 4.79 Å². The number of hydrogen-bond donors (Lipinski definition) is 2. The first-order valence-electron chi connectivity index (χ1n) is 7.48. The lowest BCUT2D eigenvalue weighted by molar-refractivity contribution is -0.141. The first-order chi connectivity index (χ1) is 11.6. The molecule has 0 aliphatic carbocycles. The number of carbonyl (C=O) groups excluding carboxylic acids is 2. The number of urea groups is 1. The highest BCUT2D eigenvalue weighted by Crippen LogP contribution is 2.25. The van der Waals surface area contributed by atoms with Gasteiger partial charge in [0.25, 0.3) is 0 Å². The van der Waals surface area contributed by atoms with Crippen LogP contribution in [0.4, 0.5) is 4.79 Å². The van der Waals surface area contributed by atoms with Gasteiger partial charge in [-0.15, -0.1) is 11.3 Å². The van der Waals surface area contributed by atoms with Crippen LogP contribution in [0, 0.1) is 0 Å². The minimum absolute atomic E-state index is 0.0125. The van der Waals surface area contributed by atoms with Gasteiger partial charge in [-0.05, 0) is 29.5 Å². The van der Waals surface area contributed by atoms with Gasteiger partial charge in [-0.25, -0.2) is 4.79 Å². The largest absolute Gasteiger partial charge is 0.469 e. The molecular weight excluding hydrogens is 348 g/mol. The molecule has 1 unspecified atom stereocenters. The third-order valence-corrected chi connectivity index (χ3v) is 4.70. The van der Waals surface area contributed by atoms with Gasteiger partial charge >= 0.3 is 12.0 Å². The van der Waals surface area contributed by atoms with E-state index in [4.69, 9.17) is 16.3 Å². The number of amides is 2. The number of benzene rings is 1. The van der Waals surface area contributed by atoms with E-state index in [9.17, 15) is 9.59 Å². The molecule has 2 N–H and O–H groups in total.